The second-order valence-corrected chi connectivity index (χ2v) is 8.07. The third-order valence-corrected chi connectivity index (χ3v) is 5.83. The molecule has 31 heavy (non-hydrogen) atoms. The van der Waals surface area contributed by atoms with E-state index in [9.17, 15) is 9.59 Å². The predicted molar refractivity (Wildman–Crippen MR) is 120 cm³/mol. The van der Waals surface area contributed by atoms with Gasteiger partial charge in [0.2, 0.25) is 5.91 Å². The SMILES string of the molecule is CCCCOc1ccc(CNC(=O)C2(C)CCCN2C(=O)c2ccccc2)cc1OC. The van der Waals surface area contributed by atoms with E-state index >= 15 is 0 Å². The second kappa shape index (κ2) is 10.3. The van der Waals surface area contributed by atoms with Crippen LogP contribution >= 0.6 is 0 Å². The first-order valence-electron chi connectivity index (χ1n) is 10.9. The fourth-order valence-corrected chi connectivity index (χ4v) is 3.90. The first-order chi connectivity index (χ1) is 15.0. The van der Waals surface area contributed by atoms with Crippen molar-refractivity contribution in [3.05, 3.63) is 59.7 Å². The highest BCUT2D eigenvalue weighted by Crippen LogP contribution is 2.32. The van der Waals surface area contributed by atoms with E-state index < -0.39 is 5.54 Å². The summed E-state index contributed by atoms with van der Waals surface area (Å²) in [5.41, 5.74) is 0.655. The first-order valence-corrected chi connectivity index (χ1v) is 10.9. The minimum atomic E-state index is -0.861. The van der Waals surface area contributed by atoms with E-state index in [1.54, 1.807) is 24.1 Å². The summed E-state index contributed by atoms with van der Waals surface area (Å²) >= 11 is 0. The molecule has 1 atom stereocenters. The molecule has 2 amide bonds. The fourth-order valence-electron chi connectivity index (χ4n) is 3.90. The molecule has 1 aliphatic rings. The van der Waals surface area contributed by atoms with Crippen molar-refractivity contribution < 1.29 is 19.1 Å². The van der Waals surface area contributed by atoms with Gasteiger partial charge in [0.15, 0.2) is 11.5 Å². The van der Waals surface area contributed by atoms with Crippen molar-refractivity contribution in [2.45, 2.75) is 51.6 Å². The maximum absolute atomic E-state index is 13.1. The quantitative estimate of drug-likeness (QED) is 0.613. The minimum Gasteiger partial charge on any atom is -0.493 e. The number of benzene rings is 2. The van der Waals surface area contributed by atoms with E-state index in [0.717, 1.165) is 24.8 Å². The van der Waals surface area contributed by atoms with E-state index in [1.807, 2.05) is 43.3 Å². The van der Waals surface area contributed by atoms with E-state index in [0.29, 0.717) is 43.2 Å². The Labute approximate surface area is 184 Å². The zero-order valence-electron chi connectivity index (χ0n) is 18.6. The van der Waals surface area contributed by atoms with Crippen LogP contribution < -0.4 is 14.8 Å². The summed E-state index contributed by atoms with van der Waals surface area (Å²) in [7, 11) is 1.61. The number of nitrogens with one attached hydrogen (secondary N) is 1. The summed E-state index contributed by atoms with van der Waals surface area (Å²) < 4.78 is 11.2. The first kappa shape index (κ1) is 22.7. The van der Waals surface area contributed by atoms with Gasteiger partial charge in [0.25, 0.3) is 5.91 Å². The van der Waals surface area contributed by atoms with Gasteiger partial charge in [-0.2, -0.15) is 0 Å². The summed E-state index contributed by atoms with van der Waals surface area (Å²) in [5.74, 6) is 1.10. The van der Waals surface area contributed by atoms with Crippen molar-refractivity contribution in [3.63, 3.8) is 0 Å². The molecular formula is C25H32N2O4. The van der Waals surface area contributed by atoms with Crippen LogP contribution in [-0.4, -0.2) is 42.5 Å². The van der Waals surface area contributed by atoms with Crippen LogP contribution in [-0.2, 0) is 11.3 Å². The Kier molecular flexibility index (Phi) is 7.55. The van der Waals surface area contributed by atoms with Crippen LogP contribution in [0.25, 0.3) is 0 Å². The monoisotopic (exact) mass is 424 g/mol. The third kappa shape index (κ3) is 5.19. The Hall–Kier alpha value is -3.02. The van der Waals surface area contributed by atoms with Crippen LogP contribution in [0.1, 0.15) is 55.5 Å². The molecule has 6 nitrogen and oxygen atoms in total. The number of hydrogen-bond donors (Lipinski definition) is 1. The molecule has 3 rings (SSSR count). The van der Waals surface area contributed by atoms with Crippen molar-refractivity contribution in [2.75, 3.05) is 20.3 Å². The molecule has 0 bridgehead atoms. The number of amides is 2. The van der Waals surface area contributed by atoms with Crippen LogP contribution in [0.2, 0.25) is 0 Å². The summed E-state index contributed by atoms with van der Waals surface area (Å²) in [5, 5.41) is 3.01. The van der Waals surface area contributed by atoms with E-state index in [1.165, 1.54) is 0 Å². The molecule has 1 fully saturated rings. The lowest BCUT2D eigenvalue weighted by Crippen LogP contribution is -2.55. The molecule has 2 aromatic rings. The van der Waals surface area contributed by atoms with Gasteiger partial charge in [-0.25, -0.2) is 0 Å². The predicted octanol–water partition coefficient (Wildman–Crippen LogP) is 4.19. The molecule has 0 radical (unpaired) electrons. The van der Waals surface area contributed by atoms with Crippen LogP contribution in [0.3, 0.4) is 0 Å². The molecular weight excluding hydrogens is 392 g/mol. The number of hydrogen-bond acceptors (Lipinski definition) is 4. The maximum Gasteiger partial charge on any atom is 0.254 e. The Balaban J connectivity index is 1.66. The summed E-state index contributed by atoms with van der Waals surface area (Å²) in [6, 6.07) is 14.8. The molecule has 1 saturated heterocycles. The number of rotatable bonds is 9. The summed E-state index contributed by atoms with van der Waals surface area (Å²) in [6.07, 6.45) is 3.50. The van der Waals surface area contributed by atoms with Gasteiger partial charge < -0.3 is 19.7 Å². The van der Waals surface area contributed by atoms with E-state index in [4.69, 9.17) is 9.47 Å². The van der Waals surface area contributed by atoms with Gasteiger partial charge in [-0.05, 0) is 56.0 Å². The lowest BCUT2D eigenvalue weighted by atomic mass is 9.96. The Morgan fingerprint density at radius 1 is 1.13 bits per heavy atom. The van der Waals surface area contributed by atoms with Gasteiger partial charge in [-0.15, -0.1) is 0 Å². The highest BCUT2D eigenvalue weighted by Gasteiger charge is 2.45. The third-order valence-electron chi connectivity index (χ3n) is 5.83. The highest BCUT2D eigenvalue weighted by molar-refractivity contribution is 5.99. The topological polar surface area (TPSA) is 67.9 Å². The van der Waals surface area contributed by atoms with Crippen LogP contribution in [0, 0.1) is 0 Å². The van der Waals surface area contributed by atoms with Crippen molar-refractivity contribution >= 4 is 11.8 Å². The average Bonchev–Trinajstić information content (AvgIpc) is 3.20. The zero-order chi connectivity index (χ0) is 22.3. The zero-order valence-corrected chi connectivity index (χ0v) is 18.6. The molecule has 1 heterocycles. The van der Waals surface area contributed by atoms with Crippen molar-refractivity contribution in [1.82, 2.24) is 10.2 Å². The van der Waals surface area contributed by atoms with Crippen LogP contribution in [0.5, 0.6) is 11.5 Å². The second-order valence-electron chi connectivity index (χ2n) is 8.07. The lowest BCUT2D eigenvalue weighted by molar-refractivity contribution is -0.130. The van der Waals surface area contributed by atoms with Gasteiger partial charge in [0.1, 0.15) is 5.54 Å². The standard InChI is InChI=1S/C25H32N2O4/c1-4-5-16-31-21-13-12-19(17-22(21)30-3)18-26-24(29)25(2)14-9-15-27(25)23(28)20-10-7-6-8-11-20/h6-8,10-13,17H,4-5,9,14-16,18H2,1-3H3,(H,26,29). The van der Waals surface area contributed by atoms with E-state index in [-0.39, 0.29) is 11.8 Å². The molecule has 0 aliphatic carbocycles. The van der Waals surface area contributed by atoms with Crippen LogP contribution in [0.4, 0.5) is 0 Å². The van der Waals surface area contributed by atoms with E-state index in [2.05, 4.69) is 12.2 Å². The molecule has 1 aliphatic heterocycles. The van der Waals surface area contributed by atoms with Crippen molar-refractivity contribution in [1.29, 1.82) is 0 Å². The highest BCUT2D eigenvalue weighted by atomic mass is 16.5. The Morgan fingerprint density at radius 2 is 1.90 bits per heavy atom. The van der Waals surface area contributed by atoms with Gasteiger partial charge >= 0.3 is 0 Å². The van der Waals surface area contributed by atoms with Gasteiger partial charge in [0, 0.05) is 18.7 Å². The van der Waals surface area contributed by atoms with Crippen molar-refractivity contribution in [3.8, 4) is 11.5 Å². The molecule has 2 aromatic carbocycles. The largest absolute Gasteiger partial charge is 0.493 e. The Bertz CT molecular complexity index is 900. The minimum absolute atomic E-state index is 0.106. The number of carbonyl (C=O) groups excluding carboxylic acids is 2. The molecule has 0 spiro atoms. The number of carbonyl (C=O) groups is 2. The smallest absolute Gasteiger partial charge is 0.254 e. The molecule has 1 N–H and O–H groups in total. The van der Waals surface area contributed by atoms with Crippen LogP contribution in [0.15, 0.2) is 48.5 Å². The number of ether oxygens (including phenoxy) is 2. The summed E-state index contributed by atoms with van der Waals surface area (Å²) in [6.45, 7) is 5.54. The van der Waals surface area contributed by atoms with Crippen molar-refractivity contribution in [2.24, 2.45) is 0 Å². The van der Waals surface area contributed by atoms with Gasteiger partial charge in [-0.3, -0.25) is 9.59 Å². The molecule has 6 heteroatoms. The summed E-state index contributed by atoms with van der Waals surface area (Å²) in [4.78, 5) is 27.8. The van der Waals surface area contributed by atoms with Gasteiger partial charge in [0.05, 0.1) is 13.7 Å². The molecule has 0 aromatic heterocycles. The maximum atomic E-state index is 13.1. The molecule has 0 saturated carbocycles. The average molecular weight is 425 g/mol. The molecule has 1 unspecified atom stereocenters. The van der Waals surface area contributed by atoms with Gasteiger partial charge in [-0.1, -0.05) is 37.6 Å². The molecule has 166 valence electrons. The lowest BCUT2D eigenvalue weighted by Gasteiger charge is -2.34. The normalized spacial score (nSPS) is 18.0. The fraction of sp³-hybridized carbons (Fsp3) is 0.440. The number of likely N-dealkylation sites (tertiary alicyclic amines) is 1. The Morgan fingerprint density at radius 3 is 2.61 bits per heavy atom. The number of unbranched alkanes of at least 4 members (excludes halogenated alkanes) is 1. The number of methoxy groups -OCH3 is 1. The number of nitrogens with zero attached hydrogens (tertiary/aromatic N) is 1.